The number of ether oxygens (including phenoxy) is 2. The lowest BCUT2D eigenvalue weighted by molar-refractivity contribution is 0.0197. The van der Waals surface area contributed by atoms with Crippen LogP contribution < -0.4 is 4.90 Å². The predicted molar refractivity (Wildman–Crippen MR) is 90.5 cm³/mol. The van der Waals surface area contributed by atoms with Gasteiger partial charge in [-0.25, -0.2) is 14.6 Å². The first kappa shape index (κ1) is 17.4. The quantitative estimate of drug-likeness (QED) is 0.816. The maximum absolute atomic E-state index is 12.3. The highest BCUT2D eigenvalue weighted by atomic mass is 16.6. The highest BCUT2D eigenvalue weighted by Crippen LogP contribution is 2.28. The molecule has 1 aromatic heterocycles. The zero-order chi connectivity index (χ0) is 18.0. The van der Waals surface area contributed by atoms with Crippen LogP contribution in [0.3, 0.4) is 0 Å². The number of hydrogen-bond donors (Lipinski definition) is 0. The number of likely N-dealkylation sites (tertiary alicyclic amines) is 1. The van der Waals surface area contributed by atoms with E-state index in [2.05, 4.69) is 9.97 Å². The van der Waals surface area contributed by atoms with Crippen molar-refractivity contribution in [3.63, 3.8) is 0 Å². The van der Waals surface area contributed by atoms with Crippen LogP contribution in [0.5, 0.6) is 0 Å². The van der Waals surface area contributed by atoms with E-state index in [-0.39, 0.29) is 12.0 Å². The van der Waals surface area contributed by atoms with Crippen LogP contribution in [0.25, 0.3) is 0 Å². The van der Waals surface area contributed by atoms with Crippen LogP contribution in [-0.2, 0) is 9.47 Å². The van der Waals surface area contributed by atoms with Gasteiger partial charge in [-0.1, -0.05) is 0 Å². The Morgan fingerprint density at radius 2 is 2.12 bits per heavy atom. The zero-order valence-corrected chi connectivity index (χ0v) is 14.9. The van der Waals surface area contributed by atoms with E-state index < -0.39 is 11.7 Å². The first-order chi connectivity index (χ1) is 11.8. The Balaban J connectivity index is 1.71. The van der Waals surface area contributed by atoms with Crippen molar-refractivity contribution in [2.75, 3.05) is 31.1 Å². The van der Waals surface area contributed by atoms with Gasteiger partial charge in [-0.05, 0) is 33.6 Å². The smallest absolute Gasteiger partial charge is 0.415 e. The second-order valence-electron chi connectivity index (χ2n) is 7.33. The molecule has 3 rings (SSSR count). The fraction of sp³-hybridized carbons (Fsp3) is 0.647. The average molecular weight is 348 g/mol. The molecule has 2 aliphatic rings. The van der Waals surface area contributed by atoms with E-state index in [0.29, 0.717) is 32.1 Å². The van der Waals surface area contributed by atoms with Gasteiger partial charge in [0, 0.05) is 25.2 Å². The van der Waals surface area contributed by atoms with E-state index in [1.165, 1.54) is 4.90 Å². The third kappa shape index (κ3) is 4.18. The third-order valence-corrected chi connectivity index (χ3v) is 4.17. The predicted octanol–water partition coefficient (Wildman–Crippen LogP) is 2.55. The second kappa shape index (κ2) is 6.85. The van der Waals surface area contributed by atoms with Gasteiger partial charge in [0.05, 0.1) is 18.4 Å². The number of carbonyl (C=O) groups is 2. The largest absolute Gasteiger partial charge is 0.447 e. The van der Waals surface area contributed by atoms with Crippen LogP contribution in [0, 0.1) is 0 Å². The fourth-order valence-corrected chi connectivity index (χ4v) is 3.01. The number of aromatic nitrogens is 2. The van der Waals surface area contributed by atoms with E-state index in [4.69, 9.17) is 9.47 Å². The zero-order valence-electron chi connectivity index (χ0n) is 14.9. The first-order valence-corrected chi connectivity index (χ1v) is 8.57. The summed E-state index contributed by atoms with van der Waals surface area (Å²) < 4.78 is 10.4. The van der Waals surface area contributed by atoms with Crippen molar-refractivity contribution in [1.29, 1.82) is 0 Å². The molecule has 2 amide bonds. The molecule has 2 saturated heterocycles. The lowest BCUT2D eigenvalue weighted by atomic mass is 9.95. The molecule has 0 bridgehead atoms. The number of rotatable bonds is 2. The summed E-state index contributed by atoms with van der Waals surface area (Å²) in [5.41, 5.74) is 0.269. The number of anilines is 1. The maximum Gasteiger partial charge on any atom is 0.415 e. The number of piperidine rings is 1. The van der Waals surface area contributed by atoms with Crippen LogP contribution in [-0.4, -0.2) is 58.9 Å². The Morgan fingerprint density at radius 3 is 2.80 bits per heavy atom. The Morgan fingerprint density at radius 1 is 1.32 bits per heavy atom. The molecule has 0 saturated carbocycles. The van der Waals surface area contributed by atoms with Gasteiger partial charge in [-0.2, -0.15) is 0 Å². The van der Waals surface area contributed by atoms with Crippen LogP contribution in [0.2, 0.25) is 0 Å². The van der Waals surface area contributed by atoms with E-state index in [1.54, 1.807) is 17.3 Å². The second-order valence-corrected chi connectivity index (χ2v) is 7.33. The van der Waals surface area contributed by atoms with Crippen LogP contribution in [0.4, 0.5) is 15.4 Å². The summed E-state index contributed by atoms with van der Waals surface area (Å²) in [6.45, 7) is 7.63. The van der Waals surface area contributed by atoms with Crippen molar-refractivity contribution in [1.82, 2.24) is 14.9 Å². The molecule has 1 atom stereocenters. The lowest BCUT2D eigenvalue weighted by Gasteiger charge is -2.34. The Bertz CT molecular complexity index is 658. The summed E-state index contributed by atoms with van der Waals surface area (Å²) in [5.74, 6) is 0.571. The summed E-state index contributed by atoms with van der Waals surface area (Å²) in [6, 6.07) is 0. The van der Waals surface area contributed by atoms with Gasteiger partial charge in [0.2, 0.25) is 0 Å². The molecule has 0 spiro atoms. The fourth-order valence-electron chi connectivity index (χ4n) is 3.01. The molecule has 0 aromatic carbocycles. The number of nitrogens with zero attached hydrogens (tertiary/aromatic N) is 4. The van der Waals surface area contributed by atoms with Crippen LogP contribution in [0.1, 0.15) is 45.2 Å². The van der Waals surface area contributed by atoms with Crippen molar-refractivity contribution >= 4 is 18.0 Å². The number of hydrogen-bond acceptors (Lipinski definition) is 6. The molecule has 0 N–H and O–H groups in total. The van der Waals surface area contributed by atoms with Gasteiger partial charge in [-0.3, -0.25) is 9.88 Å². The number of amides is 2. The van der Waals surface area contributed by atoms with Gasteiger partial charge >= 0.3 is 12.2 Å². The van der Waals surface area contributed by atoms with Gasteiger partial charge in [0.1, 0.15) is 12.2 Å². The maximum atomic E-state index is 12.3. The third-order valence-electron chi connectivity index (χ3n) is 4.17. The Kier molecular flexibility index (Phi) is 4.78. The Labute approximate surface area is 147 Å². The molecular weight excluding hydrogens is 324 g/mol. The van der Waals surface area contributed by atoms with E-state index in [0.717, 1.165) is 18.5 Å². The minimum atomic E-state index is -0.514. The lowest BCUT2D eigenvalue weighted by Crippen LogP contribution is -2.42. The minimum Gasteiger partial charge on any atom is -0.447 e. The number of cyclic esters (lactones) is 1. The highest BCUT2D eigenvalue weighted by molar-refractivity contribution is 5.87. The molecule has 8 nitrogen and oxygen atoms in total. The van der Waals surface area contributed by atoms with Crippen molar-refractivity contribution in [2.24, 2.45) is 0 Å². The SMILES string of the molecule is CC(C)(C)OC(=O)N1CCCC(c2cncc(N3CCOC3=O)n2)C1. The molecule has 0 aliphatic carbocycles. The molecule has 25 heavy (non-hydrogen) atoms. The van der Waals surface area contributed by atoms with Crippen molar-refractivity contribution in [3.8, 4) is 0 Å². The summed E-state index contributed by atoms with van der Waals surface area (Å²) >= 11 is 0. The normalized spacial score (nSPS) is 21.2. The average Bonchev–Trinajstić information content (AvgIpc) is 3.00. The van der Waals surface area contributed by atoms with Crippen LogP contribution in [0.15, 0.2) is 12.4 Å². The van der Waals surface area contributed by atoms with E-state index >= 15 is 0 Å². The molecule has 0 radical (unpaired) electrons. The van der Waals surface area contributed by atoms with Crippen LogP contribution >= 0.6 is 0 Å². The molecule has 8 heteroatoms. The van der Waals surface area contributed by atoms with E-state index in [9.17, 15) is 9.59 Å². The molecule has 136 valence electrons. The van der Waals surface area contributed by atoms with Crippen molar-refractivity contribution < 1.29 is 19.1 Å². The summed E-state index contributed by atoms with van der Waals surface area (Å²) in [7, 11) is 0. The summed E-state index contributed by atoms with van der Waals surface area (Å²) in [5, 5.41) is 0. The van der Waals surface area contributed by atoms with Crippen molar-refractivity contribution in [3.05, 3.63) is 18.1 Å². The topological polar surface area (TPSA) is 84.9 Å². The molecule has 2 aliphatic heterocycles. The molecule has 3 heterocycles. The van der Waals surface area contributed by atoms with Crippen molar-refractivity contribution in [2.45, 2.75) is 45.1 Å². The summed E-state index contributed by atoms with van der Waals surface area (Å²) in [4.78, 5) is 36.0. The molecule has 1 aromatic rings. The molecule has 1 unspecified atom stereocenters. The monoisotopic (exact) mass is 348 g/mol. The van der Waals surface area contributed by atoms with Gasteiger partial charge in [0.25, 0.3) is 0 Å². The van der Waals surface area contributed by atoms with Gasteiger partial charge in [0.15, 0.2) is 5.82 Å². The Hall–Kier alpha value is -2.38. The van der Waals surface area contributed by atoms with E-state index in [1.807, 2.05) is 20.8 Å². The molecule has 2 fully saturated rings. The summed E-state index contributed by atoms with van der Waals surface area (Å²) in [6.07, 6.45) is 4.36. The molecular formula is C17H24N4O4. The minimum absolute atomic E-state index is 0.0762. The number of carbonyl (C=O) groups excluding carboxylic acids is 2. The standard InChI is InChI=1S/C17H24N4O4/c1-17(2,3)25-15(22)20-6-4-5-12(11-20)13-9-18-10-14(19-13)21-7-8-24-16(21)23/h9-10,12H,4-8,11H2,1-3H3. The first-order valence-electron chi connectivity index (χ1n) is 8.57. The van der Waals surface area contributed by atoms with Gasteiger partial charge < -0.3 is 14.4 Å². The highest BCUT2D eigenvalue weighted by Gasteiger charge is 2.30. The van der Waals surface area contributed by atoms with Gasteiger partial charge in [-0.15, -0.1) is 0 Å².